The highest BCUT2D eigenvalue weighted by Gasteiger charge is 2.24. The lowest BCUT2D eigenvalue weighted by molar-refractivity contribution is -0.118. The zero-order chi connectivity index (χ0) is 21.4. The van der Waals surface area contributed by atoms with Crippen molar-refractivity contribution in [2.45, 2.75) is 30.6 Å². The predicted octanol–water partition coefficient (Wildman–Crippen LogP) is 2.47. The number of rotatable bonds is 7. The highest BCUT2D eigenvalue weighted by molar-refractivity contribution is 7.99. The summed E-state index contributed by atoms with van der Waals surface area (Å²) in [6.07, 6.45) is 2.09. The van der Waals surface area contributed by atoms with E-state index in [9.17, 15) is 9.59 Å². The van der Waals surface area contributed by atoms with Crippen LogP contribution >= 0.6 is 11.8 Å². The van der Waals surface area contributed by atoms with E-state index in [1.165, 1.54) is 11.8 Å². The molecule has 0 unspecified atom stereocenters. The maximum Gasteiger partial charge on any atom is 0.263 e. The first-order valence-electron chi connectivity index (χ1n) is 10.1. The van der Waals surface area contributed by atoms with Crippen LogP contribution in [0.2, 0.25) is 0 Å². The van der Waals surface area contributed by atoms with Gasteiger partial charge in [0.25, 0.3) is 5.56 Å². The van der Waals surface area contributed by atoms with Crippen LogP contribution in [0.3, 0.4) is 0 Å². The molecule has 2 aromatic heterocycles. The molecule has 8 nitrogen and oxygen atoms in total. The number of ether oxygens (including phenoxy) is 1. The molecule has 5 rings (SSSR count). The Bertz CT molecular complexity index is 1340. The second-order valence-corrected chi connectivity index (χ2v) is 8.41. The van der Waals surface area contributed by atoms with Gasteiger partial charge in [-0.2, -0.15) is 0 Å². The Kier molecular flexibility index (Phi) is 5.11. The van der Waals surface area contributed by atoms with Crippen LogP contribution in [0, 0.1) is 0 Å². The average Bonchev–Trinajstić information content (AvgIpc) is 3.51. The van der Waals surface area contributed by atoms with Crippen LogP contribution in [0.1, 0.15) is 18.4 Å². The first-order chi connectivity index (χ1) is 15.2. The summed E-state index contributed by atoms with van der Waals surface area (Å²) in [5.41, 5.74) is 1.43. The van der Waals surface area contributed by atoms with Crippen molar-refractivity contribution in [3.8, 4) is 5.75 Å². The Balaban J connectivity index is 1.60. The van der Waals surface area contributed by atoms with Gasteiger partial charge in [0.05, 0.1) is 30.3 Å². The molecule has 0 spiro atoms. The summed E-state index contributed by atoms with van der Waals surface area (Å²) in [6.45, 7) is 0.294. The predicted molar refractivity (Wildman–Crippen MR) is 119 cm³/mol. The summed E-state index contributed by atoms with van der Waals surface area (Å²) in [4.78, 5) is 25.5. The molecule has 31 heavy (non-hydrogen) atoms. The fourth-order valence-corrected chi connectivity index (χ4v) is 4.35. The minimum Gasteiger partial charge on any atom is -0.496 e. The van der Waals surface area contributed by atoms with Crippen LogP contribution in [0.25, 0.3) is 16.7 Å². The second kappa shape index (κ2) is 8.07. The van der Waals surface area contributed by atoms with Crippen molar-refractivity contribution in [3.05, 3.63) is 64.4 Å². The number of nitrogens with one attached hydrogen (secondary N) is 1. The normalized spacial score (nSPS) is 13.6. The van der Waals surface area contributed by atoms with E-state index >= 15 is 0 Å². The number of hydrogen-bond acceptors (Lipinski definition) is 6. The van der Waals surface area contributed by atoms with E-state index < -0.39 is 0 Å². The van der Waals surface area contributed by atoms with Gasteiger partial charge in [-0.25, -0.2) is 0 Å². The van der Waals surface area contributed by atoms with Gasteiger partial charge in [-0.3, -0.25) is 18.6 Å². The minimum atomic E-state index is -0.149. The molecule has 1 aliphatic carbocycles. The largest absolute Gasteiger partial charge is 0.496 e. The third kappa shape index (κ3) is 3.76. The number of carbonyl (C=O) groups is 1. The maximum absolute atomic E-state index is 13.3. The summed E-state index contributed by atoms with van der Waals surface area (Å²) < 4.78 is 8.90. The number of benzene rings is 2. The fraction of sp³-hybridized carbons (Fsp3) is 0.273. The smallest absolute Gasteiger partial charge is 0.263 e. The molecular formula is C22H21N5O3S. The quantitative estimate of drug-likeness (QED) is 0.449. The average molecular weight is 436 g/mol. The lowest BCUT2D eigenvalue weighted by atomic mass is 10.2. The van der Waals surface area contributed by atoms with Crippen LogP contribution in [-0.4, -0.2) is 44.0 Å². The van der Waals surface area contributed by atoms with Crippen molar-refractivity contribution in [1.29, 1.82) is 0 Å². The van der Waals surface area contributed by atoms with Gasteiger partial charge >= 0.3 is 0 Å². The Morgan fingerprint density at radius 3 is 2.74 bits per heavy atom. The van der Waals surface area contributed by atoms with Crippen molar-refractivity contribution < 1.29 is 9.53 Å². The van der Waals surface area contributed by atoms with Crippen molar-refractivity contribution in [2.24, 2.45) is 0 Å². The van der Waals surface area contributed by atoms with Crippen LogP contribution in [-0.2, 0) is 11.3 Å². The molecule has 2 heterocycles. The van der Waals surface area contributed by atoms with Gasteiger partial charge in [0, 0.05) is 11.6 Å². The molecule has 0 atom stereocenters. The second-order valence-electron chi connectivity index (χ2n) is 7.47. The van der Waals surface area contributed by atoms with E-state index in [0.29, 0.717) is 40.2 Å². The summed E-state index contributed by atoms with van der Waals surface area (Å²) >= 11 is 1.32. The SMILES string of the molecule is COc1ccccc1Cn1c(=O)c2ccccc2n2c(SCC(=O)NC3CC3)nnc12. The van der Waals surface area contributed by atoms with Crippen molar-refractivity contribution in [2.75, 3.05) is 12.9 Å². The standard InChI is InChI=1S/C22H21N5O3S/c1-30-18-9-5-2-6-14(18)12-26-20(29)16-7-3-4-8-17(16)27-21(26)24-25-22(27)31-13-19(28)23-15-10-11-15/h2-9,15H,10-13H2,1H3,(H,23,28). The van der Waals surface area contributed by atoms with Gasteiger partial charge in [0.1, 0.15) is 5.75 Å². The van der Waals surface area contributed by atoms with E-state index in [-0.39, 0.29) is 17.2 Å². The van der Waals surface area contributed by atoms with E-state index in [1.807, 2.05) is 46.9 Å². The summed E-state index contributed by atoms with van der Waals surface area (Å²) in [6, 6.07) is 15.3. The van der Waals surface area contributed by atoms with Gasteiger partial charge in [0.15, 0.2) is 5.16 Å². The van der Waals surface area contributed by atoms with E-state index in [4.69, 9.17) is 4.74 Å². The highest BCUT2D eigenvalue weighted by Crippen LogP contribution is 2.24. The number of carbonyl (C=O) groups excluding carboxylic acids is 1. The molecule has 158 valence electrons. The molecule has 0 radical (unpaired) electrons. The van der Waals surface area contributed by atoms with E-state index in [0.717, 1.165) is 18.4 Å². The topological polar surface area (TPSA) is 90.5 Å². The van der Waals surface area contributed by atoms with Gasteiger partial charge in [-0.1, -0.05) is 42.1 Å². The van der Waals surface area contributed by atoms with Crippen molar-refractivity contribution in [3.63, 3.8) is 0 Å². The van der Waals surface area contributed by atoms with Crippen molar-refractivity contribution in [1.82, 2.24) is 24.5 Å². The molecule has 9 heteroatoms. The lowest BCUT2D eigenvalue weighted by Gasteiger charge is -2.13. The number of methoxy groups -OCH3 is 1. The number of para-hydroxylation sites is 2. The third-order valence-electron chi connectivity index (χ3n) is 5.27. The Labute approximate surface area is 182 Å². The zero-order valence-corrected chi connectivity index (χ0v) is 17.8. The monoisotopic (exact) mass is 435 g/mol. The van der Waals surface area contributed by atoms with Crippen LogP contribution in [0.15, 0.2) is 58.5 Å². The molecular weight excluding hydrogens is 414 g/mol. The number of thioether (sulfide) groups is 1. The summed E-state index contributed by atoms with van der Waals surface area (Å²) in [7, 11) is 1.61. The van der Waals surface area contributed by atoms with Crippen LogP contribution in [0.5, 0.6) is 5.75 Å². The Morgan fingerprint density at radius 1 is 1.16 bits per heavy atom. The minimum absolute atomic E-state index is 0.0177. The van der Waals surface area contributed by atoms with Gasteiger partial charge in [-0.15, -0.1) is 10.2 Å². The van der Waals surface area contributed by atoms with Crippen LogP contribution < -0.4 is 15.6 Å². The number of hydrogen-bond donors (Lipinski definition) is 1. The molecule has 1 aliphatic rings. The third-order valence-corrected chi connectivity index (χ3v) is 6.20. The molecule has 0 bridgehead atoms. The summed E-state index contributed by atoms with van der Waals surface area (Å²) in [5, 5.41) is 12.7. The number of fused-ring (bicyclic) bond motifs is 3. The number of aromatic nitrogens is 4. The zero-order valence-electron chi connectivity index (χ0n) is 16.9. The van der Waals surface area contributed by atoms with Crippen LogP contribution in [0.4, 0.5) is 0 Å². The van der Waals surface area contributed by atoms with Crippen molar-refractivity contribution >= 4 is 34.3 Å². The molecule has 1 amide bonds. The first-order valence-corrected chi connectivity index (χ1v) is 11.0. The molecule has 0 aliphatic heterocycles. The molecule has 4 aromatic rings. The van der Waals surface area contributed by atoms with Gasteiger partial charge in [0.2, 0.25) is 11.7 Å². The van der Waals surface area contributed by atoms with E-state index in [1.54, 1.807) is 17.7 Å². The molecule has 0 saturated heterocycles. The number of amides is 1. The Morgan fingerprint density at radius 2 is 1.94 bits per heavy atom. The molecule has 1 N–H and O–H groups in total. The van der Waals surface area contributed by atoms with Gasteiger partial charge in [-0.05, 0) is 31.0 Å². The lowest BCUT2D eigenvalue weighted by Crippen LogP contribution is -2.27. The first kappa shape index (κ1) is 19.6. The molecule has 1 saturated carbocycles. The highest BCUT2D eigenvalue weighted by atomic mass is 32.2. The molecule has 1 fully saturated rings. The van der Waals surface area contributed by atoms with Gasteiger partial charge < -0.3 is 10.1 Å². The van der Waals surface area contributed by atoms with E-state index in [2.05, 4.69) is 15.5 Å². The molecule has 2 aromatic carbocycles. The fourth-order valence-electron chi connectivity index (χ4n) is 3.60. The number of nitrogens with zero attached hydrogens (tertiary/aromatic N) is 4. The maximum atomic E-state index is 13.3. The summed E-state index contributed by atoms with van der Waals surface area (Å²) in [5.74, 6) is 1.36. The Hall–Kier alpha value is -3.33.